The third-order valence-corrected chi connectivity index (χ3v) is 4.54. The lowest BCUT2D eigenvalue weighted by atomic mass is 10.4. The van der Waals surface area contributed by atoms with Gasteiger partial charge in [-0.25, -0.2) is 4.98 Å². The molecule has 0 unspecified atom stereocenters. The fraction of sp³-hybridized carbons (Fsp3) is 0.462. The summed E-state index contributed by atoms with van der Waals surface area (Å²) in [6.45, 7) is 6.02. The summed E-state index contributed by atoms with van der Waals surface area (Å²) in [7, 11) is 0. The third kappa shape index (κ3) is 4.15. The minimum absolute atomic E-state index is 0.814. The maximum absolute atomic E-state index is 5.75. The van der Waals surface area contributed by atoms with Gasteiger partial charge in [-0.05, 0) is 32.0 Å². The molecule has 0 spiro atoms. The van der Waals surface area contributed by atoms with Crippen molar-refractivity contribution in [2.75, 3.05) is 6.54 Å². The summed E-state index contributed by atoms with van der Waals surface area (Å²) in [5, 5.41) is 5.40. The number of aryl methyl sites for hydroxylation is 1. The van der Waals surface area contributed by atoms with Crippen molar-refractivity contribution < 1.29 is 4.42 Å². The summed E-state index contributed by atoms with van der Waals surface area (Å²) >= 11 is 3.42. The number of hydrogen-bond acceptors (Lipinski definition) is 5. The molecule has 2 aromatic heterocycles. The van der Waals surface area contributed by atoms with Crippen molar-refractivity contribution in [2.24, 2.45) is 0 Å². The number of thioether (sulfide) groups is 1. The van der Waals surface area contributed by atoms with Gasteiger partial charge in [0.15, 0.2) is 4.34 Å². The highest BCUT2D eigenvalue weighted by Gasteiger charge is 2.05. The molecule has 2 aromatic rings. The van der Waals surface area contributed by atoms with Crippen LogP contribution in [0.3, 0.4) is 0 Å². The standard InChI is InChI=1S/C13H18N2OS2/c1-3-6-14-7-11-4-5-12(16-11)9-18-13-15-10(2)8-17-13/h4-5,8,14H,3,6-7,9H2,1-2H3. The molecular weight excluding hydrogens is 264 g/mol. The van der Waals surface area contributed by atoms with E-state index in [1.165, 1.54) is 0 Å². The van der Waals surface area contributed by atoms with E-state index in [0.717, 1.165) is 46.8 Å². The lowest BCUT2D eigenvalue weighted by Gasteiger charge is -1.99. The van der Waals surface area contributed by atoms with Gasteiger partial charge in [-0.1, -0.05) is 18.7 Å². The van der Waals surface area contributed by atoms with Gasteiger partial charge in [-0.15, -0.1) is 11.3 Å². The van der Waals surface area contributed by atoms with E-state index >= 15 is 0 Å². The van der Waals surface area contributed by atoms with E-state index in [0.29, 0.717) is 0 Å². The minimum Gasteiger partial charge on any atom is -0.464 e. The molecule has 0 aliphatic heterocycles. The summed E-state index contributed by atoms with van der Waals surface area (Å²) < 4.78 is 6.86. The molecule has 3 nitrogen and oxygen atoms in total. The molecule has 98 valence electrons. The molecule has 0 bridgehead atoms. The number of thiazole rings is 1. The number of nitrogens with zero attached hydrogens (tertiary/aromatic N) is 1. The van der Waals surface area contributed by atoms with E-state index in [-0.39, 0.29) is 0 Å². The summed E-state index contributed by atoms with van der Waals surface area (Å²) in [5.74, 6) is 2.87. The summed E-state index contributed by atoms with van der Waals surface area (Å²) in [6.07, 6.45) is 1.15. The van der Waals surface area contributed by atoms with Gasteiger partial charge < -0.3 is 9.73 Å². The number of rotatable bonds is 7. The molecule has 0 atom stereocenters. The van der Waals surface area contributed by atoms with Gasteiger partial charge in [-0.3, -0.25) is 0 Å². The van der Waals surface area contributed by atoms with Crippen molar-refractivity contribution in [3.05, 3.63) is 34.7 Å². The van der Waals surface area contributed by atoms with Crippen LogP contribution in [0.15, 0.2) is 26.3 Å². The Morgan fingerprint density at radius 3 is 2.94 bits per heavy atom. The first-order valence-electron chi connectivity index (χ1n) is 6.11. The van der Waals surface area contributed by atoms with E-state index in [2.05, 4.69) is 28.7 Å². The van der Waals surface area contributed by atoms with Crippen LogP contribution in [0.1, 0.15) is 30.6 Å². The number of aromatic nitrogens is 1. The second kappa shape index (κ2) is 6.97. The molecule has 0 aliphatic carbocycles. The molecule has 18 heavy (non-hydrogen) atoms. The van der Waals surface area contributed by atoms with Gasteiger partial charge in [0.2, 0.25) is 0 Å². The van der Waals surface area contributed by atoms with Crippen molar-refractivity contribution in [2.45, 2.75) is 36.9 Å². The molecule has 2 rings (SSSR count). The number of furan rings is 1. The number of nitrogens with one attached hydrogen (secondary N) is 1. The Bertz CT molecular complexity index is 479. The average Bonchev–Trinajstić information content (AvgIpc) is 2.96. The van der Waals surface area contributed by atoms with Crippen LogP contribution >= 0.6 is 23.1 Å². The Labute approximate surface area is 116 Å². The normalized spacial score (nSPS) is 11.0. The molecule has 0 aromatic carbocycles. The summed E-state index contributed by atoms with van der Waals surface area (Å²) in [5.41, 5.74) is 1.09. The first-order valence-corrected chi connectivity index (χ1v) is 7.97. The highest BCUT2D eigenvalue weighted by Crippen LogP contribution is 2.26. The molecular formula is C13H18N2OS2. The first-order chi connectivity index (χ1) is 8.78. The zero-order chi connectivity index (χ0) is 12.8. The van der Waals surface area contributed by atoms with Crippen molar-refractivity contribution in [1.29, 1.82) is 0 Å². The molecule has 0 radical (unpaired) electrons. The number of hydrogen-bond donors (Lipinski definition) is 1. The Morgan fingerprint density at radius 2 is 2.22 bits per heavy atom. The predicted octanol–water partition coefficient (Wildman–Crippen LogP) is 3.84. The third-order valence-electron chi connectivity index (χ3n) is 2.38. The Balaban J connectivity index is 1.79. The first kappa shape index (κ1) is 13.6. The van der Waals surface area contributed by atoms with Crippen molar-refractivity contribution in [3.63, 3.8) is 0 Å². The van der Waals surface area contributed by atoms with Crippen LogP contribution in [-0.2, 0) is 12.3 Å². The zero-order valence-electron chi connectivity index (χ0n) is 10.7. The van der Waals surface area contributed by atoms with Crippen LogP contribution in [0.5, 0.6) is 0 Å². The Kier molecular flexibility index (Phi) is 5.28. The SMILES string of the molecule is CCCNCc1ccc(CSc2nc(C)cs2)o1. The van der Waals surface area contributed by atoms with Crippen LogP contribution in [-0.4, -0.2) is 11.5 Å². The van der Waals surface area contributed by atoms with Crippen LogP contribution in [0.2, 0.25) is 0 Å². The van der Waals surface area contributed by atoms with Gasteiger partial charge in [0.1, 0.15) is 11.5 Å². The van der Waals surface area contributed by atoms with Gasteiger partial charge >= 0.3 is 0 Å². The zero-order valence-corrected chi connectivity index (χ0v) is 12.4. The van der Waals surface area contributed by atoms with Gasteiger partial charge in [0.25, 0.3) is 0 Å². The molecule has 0 amide bonds. The van der Waals surface area contributed by atoms with Crippen LogP contribution < -0.4 is 5.32 Å². The van der Waals surface area contributed by atoms with Crippen LogP contribution in [0.25, 0.3) is 0 Å². The maximum Gasteiger partial charge on any atom is 0.150 e. The minimum atomic E-state index is 0.814. The lowest BCUT2D eigenvalue weighted by Crippen LogP contribution is -2.12. The fourth-order valence-electron chi connectivity index (χ4n) is 1.51. The molecule has 0 saturated carbocycles. The van der Waals surface area contributed by atoms with Crippen molar-refractivity contribution in [1.82, 2.24) is 10.3 Å². The highest BCUT2D eigenvalue weighted by atomic mass is 32.2. The lowest BCUT2D eigenvalue weighted by molar-refractivity contribution is 0.459. The Morgan fingerprint density at radius 1 is 1.39 bits per heavy atom. The van der Waals surface area contributed by atoms with Gasteiger partial charge in [0.05, 0.1) is 12.3 Å². The van der Waals surface area contributed by atoms with E-state index in [1.807, 2.05) is 13.0 Å². The molecule has 5 heteroatoms. The summed E-state index contributed by atoms with van der Waals surface area (Å²) in [6, 6.07) is 4.10. The monoisotopic (exact) mass is 282 g/mol. The van der Waals surface area contributed by atoms with Crippen LogP contribution in [0, 0.1) is 6.92 Å². The van der Waals surface area contributed by atoms with Gasteiger partial charge in [0, 0.05) is 11.1 Å². The second-order valence-corrected chi connectivity index (χ2v) is 6.17. The van der Waals surface area contributed by atoms with E-state index < -0.39 is 0 Å². The smallest absolute Gasteiger partial charge is 0.150 e. The Hall–Kier alpha value is -0.780. The molecule has 0 saturated heterocycles. The fourth-order valence-corrected chi connectivity index (χ4v) is 3.26. The van der Waals surface area contributed by atoms with E-state index in [1.54, 1.807) is 23.1 Å². The average molecular weight is 282 g/mol. The van der Waals surface area contributed by atoms with Crippen molar-refractivity contribution >= 4 is 23.1 Å². The quantitative estimate of drug-likeness (QED) is 0.618. The molecule has 0 aliphatic rings. The van der Waals surface area contributed by atoms with Crippen molar-refractivity contribution in [3.8, 4) is 0 Å². The molecule has 2 heterocycles. The molecule has 1 N–H and O–H groups in total. The second-order valence-electron chi connectivity index (χ2n) is 4.09. The maximum atomic E-state index is 5.75. The summed E-state index contributed by atoms with van der Waals surface area (Å²) in [4.78, 5) is 4.42. The van der Waals surface area contributed by atoms with E-state index in [4.69, 9.17) is 4.42 Å². The topological polar surface area (TPSA) is 38.1 Å². The highest BCUT2D eigenvalue weighted by molar-refractivity contribution is 8.00. The van der Waals surface area contributed by atoms with Gasteiger partial charge in [-0.2, -0.15) is 0 Å². The van der Waals surface area contributed by atoms with Crippen LogP contribution in [0.4, 0.5) is 0 Å². The largest absolute Gasteiger partial charge is 0.464 e. The van der Waals surface area contributed by atoms with E-state index in [9.17, 15) is 0 Å². The predicted molar refractivity (Wildman–Crippen MR) is 77.1 cm³/mol. The molecule has 0 fully saturated rings.